The summed E-state index contributed by atoms with van der Waals surface area (Å²) in [6.45, 7) is 2.11. The predicted molar refractivity (Wildman–Crippen MR) is 88.2 cm³/mol. The zero-order valence-corrected chi connectivity index (χ0v) is 12.9. The van der Waals surface area contributed by atoms with Crippen molar-refractivity contribution in [3.8, 4) is 11.3 Å². The number of benzene rings is 1. The summed E-state index contributed by atoms with van der Waals surface area (Å²) in [5.74, 6) is 0. The first-order chi connectivity index (χ1) is 10.4. The third kappa shape index (κ3) is 3.32. The molecule has 1 aromatic carbocycles. The molecule has 1 aliphatic heterocycles. The molecular weight excluding hydrogens is 280 g/mol. The summed E-state index contributed by atoms with van der Waals surface area (Å²) in [6, 6.07) is 9.98. The van der Waals surface area contributed by atoms with Crippen LogP contribution in [0, 0.1) is 0 Å². The van der Waals surface area contributed by atoms with Gasteiger partial charge in [-0.25, -0.2) is 4.98 Å². The van der Waals surface area contributed by atoms with Gasteiger partial charge in [0.1, 0.15) is 0 Å². The Balaban J connectivity index is 1.89. The molecule has 0 atom stereocenters. The molecule has 110 valence electrons. The van der Waals surface area contributed by atoms with Crippen LogP contribution in [0.2, 0.25) is 0 Å². The standard InChI is InChI=1S/C17H20N2OS/c20-13-15-16(14-9-5-4-6-10-14)18-17(21-15)19-11-7-2-1-3-8-12-19/h4-6,9-10,13H,1-3,7-8,11-12H2. The van der Waals surface area contributed by atoms with Gasteiger partial charge in [-0.1, -0.05) is 60.9 Å². The van der Waals surface area contributed by atoms with Gasteiger partial charge in [0, 0.05) is 18.7 Å². The first kappa shape index (κ1) is 14.3. The van der Waals surface area contributed by atoms with Crippen molar-refractivity contribution in [1.29, 1.82) is 0 Å². The summed E-state index contributed by atoms with van der Waals surface area (Å²) in [7, 11) is 0. The van der Waals surface area contributed by atoms with Gasteiger partial charge in [-0.05, 0) is 12.8 Å². The van der Waals surface area contributed by atoms with Crippen LogP contribution in [0.3, 0.4) is 0 Å². The van der Waals surface area contributed by atoms with E-state index in [0.717, 1.165) is 40.6 Å². The normalized spacial score (nSPS) is 16.3. The summed E-state index contributed by atoms with van der Waals surface area (Å²) in [4.78, 5) is 19.2. The smallest absolute Gasteiger partial charge is 0.186 e. The van der Waals surface area contributed by atoms with Crippen molar-refractivity contribution in [3.63, 3.8) is 0 Å². The first-order valence-electron chi connectivity index (χ1n) is 7.65. The van der Waals surface area contributed by atoms with Crippen LogP contribution >= 0.6 is 11.3 Å². The SMILES string of the molecule is O=Cc1sc(N2CCCCCCC2)nc1-c1ccccc1. The number of thiazole rings is 1. The van der Waals surface area contributed by atoms with Gasteiger partial charge in [-0.3, -0.25) is 4.79 Å². The van der Waals surface area contributed by atoms with Gasteiger partial charge in [0.2, 0.25) is 0 Å². The lowest BCUT2D eigenvalue weighted by Crippen LogP contribution is -2.26. The molecule has 0 amide bonds. The quantitative estimate of drug-likeness (QED) is 0.788. The fourth-order valence-electron chi connectivity index (χ4n) is 2.78. The van der Waals surface area contributed by atoms with Crippen molar-refractivity contribution in [2.75, 3.05) is 18.0 Å². The topological polar surface area (TPSA) is 33.2 Å². The number of rotatable bonds is 3. The summed E-state index contributed by atoms with van der Waals surface area (Å²) in [5.41, 5.74) is 1.85. The molecule has 1 aromatic heterocycles. The third-order valence-electron chi connectivity index (χ3n) is 3.92. The maximum Gasteiger partial charge on any atom is 0.186 e. The summed E-state index contributed by atoms with van der Waals surface area (Å²) >= 11 is 1.52. The van der Waals surface area contributed by atoms with Crippen molar-refractivity contribution in [3.05, 3.63) is 35.2 Å². The highest BCUT2D eigenvalue weighted by Gasteiger charge is 2.17. The first-order valence-corrected chi connectivity index (χ1v) is 8.46. The fraction of sp³-hybridized carbons (Fsp3) is 0.412. The Morgan fingerprint density at radius 2 is 1.67 bits per heavy atom. The minimum atomic E-state index is 0.734. The molecular formula is C17H20N2OS. The largest absolute Gasteiger partial charge is 0.348 e. The van der Waals surface area contributed by atoms with Crippen LogP contribution in [-0.2, 0) is 0 Å². The van der Waals surface area contributed by atoms with E-state index in [1.807, 2.05) is 30.3 Å². The molecule has 0 radical (unpaired) electrons. The fourth-order valence-corrected chi connectivity index (χ4v) is 3.73. The Labute approximate surface area is 129 Å². The van der Waals surface area contributed by atoms with Gasteiger partial charge in [0.05, 0.1) is 10.6 Å². The zero-order valence-electron chi connectivity index (χ0n) is 12.1. The highest BCUT2D eigenvalue weighted by atomic mass is 32.1. The van der Waals surface area contributed by atoms with Crippen LogP contribution in [0.4, 0.5) is 5.13 Å². The van der Waals surface area contributed by atoms with Crippen molar-refractivity contribution in [1.82, 2.24) is 4.98 Å². The lowest BCUT2D eigenvalue weighted by Gasteiger charge is -2.23. The number of aromatic nitrogens is 1. The Bertz CT molecular complexity index is 586. The molecule has 21 heavy (non-hydrogen) atoms. The van der Waals surface area contributed by atoms with Crippen molar-refractivity contribution >= 4 is 22.8 Å². The second-order valence-electron chi connectivity index (χ2n) is 5.45. The number of hydrogen-bond acceptors (Lipinski definition) is 4. The van der Waals surface area contributed by atoms with Gasteiger partial charge in [0.25, 0.3) is 0 Å². The lowest BCUT2D eigenvalue weighted by atomic mass is 10.1. The van der Waals surface area contributed by atoms with Crippen LogP contribution in [0.25, 0.3) is 11.3 Å². The van der Waals surface area contributed by atoms with Gasteiger partial charge < -0.3 is 4.90 Å². The van der Waals surface area contributed by atoms with Crippen molar-refractivity contribution in [2.24, 2.45) is 0 Å². The molecule has 0 aliphatic carbocycles. The number of hydrogen-bond donors (Lipinski definition) is 0. The zero-order chi connectivity index (χ0) is 14.5. The minimum Gasteiger partial charge on any atom is -0.348 e. The van der Waals surface area contributed by atoms with E-state index < -0.39 is 0 Å². The van der Waals surface area contributed by atoms with Gasteiger partial charge in [-0.15, -0.1) is 0 Å². The highest BCUT2D eigenvalue weighted by molar-refractivity contribution is 7.17. The predicted octanol–water partition coefficient (Wildman–Crippen LogP) is 4.39. The van der Waals surface area contributed by atoms with E-state index in [4.69, 9.17) is 4.98 Å². The number of anilines is 1. The molecule has 3 rings (SSSR count). The molecule has 2 aromatic rings. The maximum atomic E-state index is 11.4. The molecule has 4 heteroatoms. The van der Waals surface area contributed by atoms with Crippen LogP contribution < -0.4 is 4.90 Å². The van der Waals surface area contributed by atoms with Gasteiger partial charge in [-0.2, -0.15) is 0 Å². The average Bonchev–Trinajstić information content (AvgIpc) is 2.92. The summed E-state index contributed by atoms with van der Waals surface area (Å²) < 4.78 is 0. The lowest BCUT2D eigenvalue weighted by molar-refractivity contribution is 0.112. The summed E-state index contributed by atoms with van der Waals surface area (Å²) in [5, 5.41) is 0.998. The molecule has 1 fully saturated rings. The number of nitrogens with zero attached hydrogens (tertiary/aromatic N) is 2. The molecule has 0 N–H and O–H groups in total. The van der Waals surface area contributed by atoms with E-state index in [-0.39, 0.29) is 0 Å². The van der Waals surface area contributed by atoms with Crippen LogP contribution in [0.15, 0.2) is 30.3 Å². The molecule has 1 aliphatic rings. The van der Waals surface area contributed by atoms with Crippen LogP contribution in [0.1, 0.15) is 41.8 Å². The monoisotopic (exact) mass is 300 g/mol. The second-order valence-corrected chi connectivity index (χ2v) is 6.46. The van der Waals surface area contributed by atoms with E-state index in [1.165, 1.54) is 43.4 Å². The number of aldehydes is 1. The Hall–Kier alpha value is -1.68. The molecule has 0 saturated carbocycles. The molecule has 2 heterocycles. The molecule has 1 saturated heterocycles. The van der Waals surface area contributed by atoms with Crippen molar-refractivity contribution in [2.45, 2.75) is 32.1 Å². The number of carbonyl (C=O) groups is 1. The van der Waals surface area contributed by atoms with E-state index in [2.05, 4.69) is 4.90 Å². The molecule has 3 nitrogen and oxygen atoms in total. The van der Waals surface area contributed by atoms with E-state index in [0.29, 0.717) is 0 Å². The Kier molecular flexibility index (Phi) is 4.65. The van der Waals surface area contributed by atoms with Gasteiger partial charge in [0.15, 0.2) is 11.4 Å². The second kappa shape index (κ2) is 6.85. The van der Waals surface area contributed by atoms with Crippen molar-refractivity contribution < 1.29 is 4.79 Å². The summed E-state index contributed by atoms with van der Waals surface area (Å²) in [6.07, 6.45) is 7.32. The molecule has 0 unspecified atom stereocenters. The van der Waals surface area contributed by atoms with Crippen LogP contribution in [0.5, 0.6) is 0 Å². The Morgan fingerprint density at radius 3 is 2.33 bits per heavy atom. The van der Waals surface area contributed by atoms with Gasteiger partial charge >= 0.3 is 0 Å². The Morgan fingerprint density at radius 1 is 1.00 bits per heavy atom. The maximum absolute atomic E-state index is 11.4. The average molecular weight is 300 g/mol. The molecule has 0 spiro atoms. The minimum absolute atomic E-state index is 0.734. The van der Waals surface area contributed by atoms with E-state index in [9.17, 15) is 4.79 Å². The van der Waals surface area contributed by atoms with E-state index in [1.54, 1.807) is 0 Å². The van der Waals surface area contributed by atoms with E-state index >= 15 is 0 Å². The molecule has 0 bridgehead atoms. The number of carbonyl (C=O) groups excluding carboxylic acids is 1. The van der Waals surface area contributed by atoms with Crippen LogP contribution in [-0.4, -0.2) is 24.4 Å². The third-order valence-corrected chi connectivity index (χ3v) is 4.96. The highest BCUT2D eigenvalue weighted by Crippen LogP contribution is 2.32.